The van der Waals surface area contributed by atoms with Gasteiger partial charge in [-0.3, -0.25) is 9.80 Å². The molecule has 35 heavy (non-hydrogen) atoms. The maximum Gasteiger partial charge on any atom is 0.203 e. The Morgan fingerprint density at radius 2 is 1.20 bits per heavy atom. The molecule has 0 radical (unpaired) electrons. The van der Waals surface area contributed by atoms with E-state index in [4.69, 9.17) is 14.2 Å². The number of benzene rings is 3. The van der Waals surface area contributed by atoms with Gasteiger partial charge in [-0.2, -0.15) is 0 Å². The van der Waals surface area contributed by atoms with E-state index in [0.29, 0.717) is 17.2 Å². The highest BCUT2D eigenvalue weighted by molar-refractivity contribution is 5.85. The van der Waals surface area contributed by atoms with E-state index < -0.39 is 0 Å². The molecule has 0 saturated carbocycles. The second-order valence-corrected chi connectivity index (χ2v) is 8.31. The Balaban J connectivity index is 0.00000342. The van der Waals surface area contributed by atoms with Crippen LogP contribution in [-0.2, 0) is 6.54 Å². The van der Waals surface area contributed by atoms with E-state index in [2.05, 4.69) is 9.80 Å². The number of methoxy groups -OCH3 is 3. The first-order valence-corrected chi connectivity index (χ1v) is 11.3. The highest BCUT2D eigenvalue weighted by Crippen LogP contribution is 2.40. The van der Waals surface area contributed by atoms with Gasteiger partial charge in [-0.05, 0) is 41.5 Å². The lowest BCUT2D eigenvalue weighted by molar-refractivity contribution is 0.104. The minimum absolute atomic E-state index is 0. The van der Waals surface area contributed by atoms with Crippen LogP contribution in [0, 0.1) is 11.6 Å². The summed E-state index contributed by atoms with van der Waals surface area (Å²) < 4.78 is 43.7. The molecule has 0 unspecified atom stereocenters. The minimum Gasteiger partial charge on any atom is -0.493 e. The topological polar surface area (TPSA) is 34.2 Å². The van der Waals surface area contributed by atoms with Gasteiger partial charge in [0.05, 0.1) is 27.4 Å². The summed E-state index contributed by atoms with van der Waals surface area (Å²) in [6.45, 7) is 4.03. The summed E-state index contributed by atoms with van der Waals surface area (Å²) in [5, 5.41) is 0. The van der Waals surface area contributed by atoms with Crippen LogP contribution in [0.1, 0.15) is 22.7 Å². The first-order chi connectivity index (χ1) is 16.5. The summed E-state index contributed by atoms with van der Waals surface area (Å²) in [6.07, 6.45) is 0. The van der Waals surface area contributed by atoms with Gasteiger partial charge in [-0.1, -0.05) is 30.3 Å². The van der Waals surface area contributed by atoms with Gasteiger partial charge >= 0.3 is 0 Å². The van der Waals surface area contributed by atoms with Crippen LogP contribution >= 0.6 is 12.4 Å². The molecule has 3 aromatic rings. The van der Waals surface area contributed by atoms with Crippen LogP contribution in [0.5, 0.6) is 17.2 Å². The van der Waals surface area contributed by atoms with Gasteiger partial charge in [-0.25, -0.2) is 8.78 Å². The van der Waals surface area contributed by atoms with E-state index in [0.717, 1.165) is 49.4 Å². The van der Waals surface area contributed by atoms with Crippen molar-refractivity contribution in [2.45, 2.75) is 12.6 Å². The van der Waals surface area contributed by atoms with Crippen molar-refractivity contribution in [2.24, 2.45) is 0 Å². The lowest BCUT2D eigenvalue weighted by Gasteiger charge is -2.40. The zero-order chi connectivity index (χ0) is 24.1. The third kappa shape index (κ3) is 6.04. The smallest absolute Gasteiger partial charge is 0.203 e. The maximum absolute atomic E-state index is 13.6. The predicted molar refractivity (Wildman–Crippen MR) is 135 cm³/mol. The second kappa shape index (κ2) is 12.2. The molecule has 0 N–H and O–H groups in total. The number of hydrogen-bond acceptors (Lipinski definition) is 5. The summed E-state index contributed by atoms with van der Waals surface area (Å²) in [7, 11) is 4.84. The SMILES string of the molecule is COc1ccc(CN2CCN(C(c3ccc(F)cc3)c3ccc(F)cc3)CC2)c(OC)c1OC.Cl. The van der Waals surface area contributed by atoms with Crippen LogP contribution in [0.25, 0.3) is 0 Å². The van der Waals surface area contributed by atoms with Gasteiger partial charge in [0.2, 0.25) is 5.75 Å². The molecule has 0 spiro atoms. The van der Waals surface area contributed by atoms with Crippen LogP contribution < -0.4 is 14.2 Å². The molecular formula is C27H31ClF2N2O3. The Bertz CT molecular complexity index is 1040. The molecule has 1 fully saturated rings. The molecule has 0 bridgehead atoms. The zero-order valence-corrected chi connectivity index (χ0v) is 21.0. The van der Waals surface area contributed by atoms with Gasteiger partial charge in [0.25, 0.3) is 0 Å². The Hall–Kier alpha value is -2.87. The van der Waals surface area contributed by atoms with Gasteiger partial charge in [0.15, 0.2) is 11.5 Å². The van der Waals surface area contributed by atoms with Gasteiger partial charge in [0, 0.05) is 38.3 Å². The summed E-state index contributed by atoms with van der Waals surface area (Å²) >= 11 is 0. The molecule has 0 aromatic heterocycles. The van der Waals surface area contributed by atoms with E-state index in [-0.39, 0.29) is 30.1 Å². The Kier molecular flexibility index (Phi) is 9.32. The third-order valence-electron chi connectivity index (χ3n) is 6.32. The molecule has 0 amide bonds. The van der Waals surface area contributed by atoms with Crippen LogP contribution in [-0.4, -0.2) is 57.3 Å². The lowest BCUT2D eigenvalue weighted by Crippen LogP contribution is -2.47. The molecule has 0 atom stereocenters. The summed E-state index contributed by atoms with van der Waals surface area (Å²) in [5.41, 5.74) is 3.01. The van der Waals surface area contributed by atoms with Gasteiger partial charge < -0.3 is 14.2 Å². The molecule has 5 nitrogen and oxygen atoms in total. The first-order valence-electron chi connectivity index (χ1n) is 11.3. The number of halogens is 3. The van der Waals surface area contributed by atoms with E-state index in [9.17, 15) is 8.78 Å². The fraction of sp³-hybridized carbons (Fsp3) is 0.333. The van der Waals surface area contributed by atoms with Gasteiger partial charge in [0.1, 0.15) is 11.6 Å². The number of nitrogens with zero attached hydrogens (tertiary/aromatic N) is 2. The number of ether oxygens (including phenoxy) is 3. The van der Waals surface area contributed by atoms with Crippen LogP contribution in [0.3, 0.4) is 0 Å². The van der Waals surface area contributed by atoms with Crippen molar-refractivity contribution < 1.29 is 23.0 Å². The Labute approximate surface area is 211 Å². The molecule has 3 aromatic carbocycles. The normalized spacial score (nSPS) is 14.5. The molecular weight excluding hydrogens is 474 g/mol. The predicted octanol–water partition coefficient (Wildman–Crippen LogP) is 5.32. The molecule has 188 valence electrons. The molecule has 1 aliphatic heterocycles. The van der Waals surface area contributed by atoms with Crippen LogP contribution in [0.4, 0.5) is 8.78 Å². The van der Waals surface area contributed by atoms with Crippen molar-refractivity contribution in [1.82, 2.24) is 9.80 Å². The highest BCUT2D eigenvalue weighted by atomic mass is 35.5. The molecule has 4 rings (SSSR count). The molecule has 1 aliphatic rings. The minimum atomic E-state index is -0.268. The fourth-order valence-corrected chi connectivity index (χ4v) is 4.61. The van der Waals surface area contributed by atoms with Crippen molar-refractivity contribution in [3.05, 3.63) is 89.0 Å². The van der Waals surface area contributed by atoms with E-state index >= 15 is 0 Å². The second-order valence-electron chi connectivity index (χ2n) is 8.31. The first kappa shape index (κ1) is 26.7. The van der Waals surface area contributed by atoms with Crippen molar-refractivity contribution in [3.63, 3.8) is 0 Å². The largest absolute Gasteiger partial charge is 0.493 e. The van der Waals surface area contributed by atoms with E-state index in [1.807, 2.05) is 36.4 Å². The number of rotatable bonds is 8. The average Bonchev–Trinajstić information content (AvgIpc) is 2.87. The summed E-state index contributed by atoms with van der Waals surface area (Å²) in [4.78, 5) is 4.73. The van der Waals surface area contributed by atoms with E-state index in [1.54, 1.807) is 21.3 Å². The van der Waals surface area contributed by atoms with Gasteiger partial charge in [-0.15, -0.1) is 12.4 Å². The fourth-order valence-electron chi connectivity index (χ4n) is 4.61. The molecule has 1 saturated heterocycles. The summed E-state index contributed by atoms with van der Waals surface area (Å²) in [5.74, 6) is 1.37. The maximum atomic E-state index is 13.6. The van der Waals surface area contributed by atoms with Crippen molar-refractivity contribution >= 4 is 12.4 Å². The third-order valence-corrected chi connectivity index (χ3v) is 6.32. The average molecular weight is 505 g/mol. The molecule has 0 aliphatic carbocycles. The van der Waals surface area contributed by atoms with Crippen molar-refractivity contribution in [2.75, 3.05) is 47.5 Å². The molecule has 8 heteroatoms. The highest BCUT2D eigenvalue weighted by Gasteiger charge is 2.27. The lowest BCUT2D eigenvalue weighted by atomic mass is 9.96. The van der Waals surface area contributed by atoms with Crippen LogP contribution in [0.15, 0.2) is 60.7 Å². The zero-order valence-electron chi connectivity index (χ0n) is 20.2. The standard InChI is InChI=1S/C27H30F2N2O3.ClH/c1-32-24-13-8-21(26(33-2)27(24)34-3)18-30-14-16-31(17-15-30)25(19-4-9-22(28)10-5-19)20-6-11-23(29)12-7-20;/h4-13,25H,14-18H2,1-3H3;1H. The summed E-state index contributed by atoms with van der Waals surface area (Å²) in [6, 6.07) is 17.0. The molecule has 1 heterocycles. The van der Waals surface area contributed by atoms with Crippen LogP contribution in [0.2, 0.25) is 0 Å². The monoisotopic (exact) mass is 504 g/mol. The Morgan fingerprint density at radius 3 is 1.66 bits per heavy atom. The number of hydrogen-bond donors (Lipinski definition) is 0. The Morgan fingerprint density at radius 1 is 0.686 bits per heavy atom. The van der Waals surface area contributed by atoms with E-state index in [1.165, 1.54) is 24.3 Å². The quantitative estimate of drug-likeness (QED) is 0.415. The van der Waals surface area contributed by atoms with Crippen molar-refractivity contribution in [1.29, 1.82) is 0 Å². The van der Waals surface area contributed by atoms with Crippen molar-refractivity contribution in [3.8, 4) is 17.2 Å². The number of piperazine rings is 1.